The number of rotatable bonds is 8. The second-order valence-electron chi connectivity index (χ2n) is 9.98. The highest BCUT2D eigenvalue weighted by Gasteiger charge is 2.26. The number of halogens is 1. The first-order valence-corrected chi connectivity index (χ1v) is 14.6. The number of carbonyl (C=O) groups is 2. The molecule has 0 unspecified atom stereocenters. The van der Waals surface area contributed by atoms with Gasteiger partial charge in [0, 0.05) is 38.5 Å². The SMILES string of the molecule is CN(C)C(=O)/C(C(=O)Nc1cccc(Sc2ccc3nc(N4CCCCC4)[nH]c3n2)c1Cl)=C(/O)Cc1ccccc1. The standard InChI is InChI=1S/C30H31ClN6O3S/c1-36(2)29(40)25(22(38)18-19-10-5-3-6-11-19)28(39)32-20-12-9-13-23(26(20)31)41-24-15-14-21-27(34-24)35-30(33-21)37-16-7-4-8-17-37/h3,5-6,9-15,38H,4,7-8,16-18H2,1-2H3,(H,32,39)(H,33,34,35)/b25-22+. The summed E-state index contributed by atoms with van der Waals surface area (Å²) in [4.78, 5) is 43.2. The molecule has 0 radical (unpaired) electrons. The number of benzene rings is 2. The van der Waals surface area contributed by atoms with E-state index in [1.54, 1.807) is 12.1 Å². The van der Waals surface area contributed by atoms with Gasteiger partial charge in [0.1, 0.15) is 21.9 Å². The van der Waals surface area contributed by atoms with Crippen LogP contribution >= 0.6 is 23.4 Å². The lowest BCUT2D eigenvalue weighted by Crippen LogP contribution is -2.32. The van der Waals surface area contributed by atoms with Crippen molar-refractivity contribution in [3.8, 4) is 0 Å². The van der Waals surface area contributed by atoms with E-state index in [9.17, 15) is 14.7 Å². The predicted octanol–water partition coefficient (Wildman–Crippen LogP) is 5.83. The fourth-order valence-corrected chi connectivity index (χ4v) is 5.75. The van der Waals surface area contributed by atoms with Gasteiger partial charge in [0.05, 0.1) is 10.7 Å². The molecule has 3 heterocycles. The number of aliphatic hydroxyl groups excluding tert-OH is 1. The molecule has 1 saturated heterocycles. The Hall–Kier alpha value is -4.02. The Morgan fingerprint density at radius 2 is 1.78 bits per heavy atom. The number of anilines is 2. The molecule has 9 nitrogen and oxygen atoms in total. The molecule has 1 aliphatic rings. The highest BCUT2D eigenvalue weighted by atomic mass is 35.5. The molecule has 2 aromatic heterocycles. The number of aliphatic hydroxyl groups is 1. The number of pyridine rings is 1. The number of hydrogen-bond acceptors (Lipinski definition) is 7. The molecule has 1 fully saturated rings. The second kappa shape index (κ2) is 12.7. The van der Waals surface area contributed by atoms with Crippen LogP contribution in [0.15, 0.2) is 81.9 Å². The molecule has 41 heavy (non-hydrogen) atoms. The first kappa shape index (κ1) is 28.5. The van der Waals surface area contributed by atoms with Crippen molar-refractivity contribution >= 4 is 58.0 Å². The lowest BCUT2D eigenvalue weighted by atomic mass is 10.1. The van der Waals surface area contributed by atoms with Gasteiger partial charge in [-0.2, -0.15) is 0 Å². The van der Waals surface area contributed by atoms with Gasteiger partial charge in [-0.25, -0.2) is 9.97 Å². The number of nitrogens with zero attached hydrogens (tertiary/aromatic N) is 4. The maximum atomic E-state index is 13.3. The van der Waals surface area contributed by atoms with E-state index in [1.165, 1.54) is 37.2 Å². The molecule has 212 valence electrons. The van der Waals surface area contributed by atoms with Crippen LogP contribution in [0.4, 0.5) is 11.6 Å². The topological polar surface area (TPSA) is 114 Å². The largest absolute Gasteiger partial charge is 0.511 e. The molecule has 2 amide bonds. The number of allylic oxidation sites excluding steroid dienone is 1. The fourth-order valence-electron chi connectivity index (χ4n) is 4.61. The number of H-pyrrole nitrogens is 1. The number of fused-ring (bicyclic) bond motifs is 1. The number of imidazole rings is 1. The minimum Gasteiger partial charge on any atom is -0.511 e. The van der Waals surface area contributed by atoms with Gasteiger partial charge in [-0.15, -0.1) is 0 Å². The lowest BCUT2D eigenvalue weighted by Gasteiger charge is -2.25. The Kier molecular flexibility index (Phi) is 8.80. The summed E-state index contributed by atoms with van der Waals surface area (Å²) in [6.07, 6.45) is 3.59. The maximum absolute atomic E-state index is 13.3. The van der Waals surface area contributed by atoms with Crippen LogP contribution in [0.3, 0.4) is 0 Å². The number of carbonyl (C=O) groups excluding carboxylic acids is 2. The maximum Gasteiger partial charge on any atom is 0.264 e. The van der Waals surface area contributed by atoms with Crippen molar-refractivity contribution < 1.29 is 14.7 Å². The van der Waals surface area contributed by atoms with E-state index >= 15 is 0 Å². The normalized spacial score (nSPS) is 14.1. The number of amides is 2. The molecule has 4 aromatic rings. The van der Waals surface area contributed by atoms with Crippen LogP contribution in [-0.2, 0) is 16.0 Å². The average Bonchev–Trinajstić information content (AvgIpc) is 3.40. The second-order valence-corrected chi connectivity index (χ2v) is 11.4. The summed E-state index contributed by atoms with van der Waals surface area (Å²) in [6, 6.07) is 18.2. The van der Waals surface area contributed by atoms with Gasteiger partial charge >= 0.3 is 0 Å². The Morgan fingerprint density at radius 3 is 2.51 bits per heavy atom. The Morgan fingerprint density at radius 1 is 1.02 bits per heavy atom. The van der Waals surface area contributed by atoms with Crippen LogP contribution in [0.2, 0.25) is 5.02 Å². The van der Waals surface area contributed by atoms with Gasteiger partial charge in [-0.05, 0) is 49.1 Å². The molecule has 0 saturated carbocycles. The van der Waals surface area contributed by atoms with Gasteiger partial charge in [0.25, 0.3) is 11.8 Å². The smallest absolute Gasteiger partial charge is 0.264 e. The summed E-state index contributed by atoms with van der Waals surface area (Å²) in [5.74, 6) is -0.847. The van der Waals surface area contributed by atoms with Crippen molar-refractivity contribution in [2.45, 2.75) is 35.6 Å². The number of aromatic amines is 1. The molecular formula is C30H31ClN6O3S. The Labute approximate surface area is 247 Å². The summed E-state index contributed by atoms with van der Waals surface area (Å²) in [7, 11) is 3.04. The van der Waals surface area contributed by atoms with Gasteiger partial charge in [-0.1, -0.05) is 59.8 Å². The van der Waals surface area contributed by atoms with E-state index in [4.69, 9.17) is 21.6 Å². The van der Waals surface area contributed by atoms with Crippen molar-refractivity contribution in [2.24, 2.45) is 0 Å². The molecule has 11 heteroatoms. The Bertz CT molecular complexity index is 1600. The van der Waals surface area contributed by atoms with Crippen LogP contribution < -0.4 is 10.2 Å². The molecule has 3 N–H and O–H groups in total. The average molecular weight is 591 g/mol. The fraction of sp³-hybridized carbons (Fsp3) is 0.267. The number of aromatic nitrogens is 3. The molecular weight excluding hydrogens is 560 g/mol. The molecule has 2 aromatic carbocycles. The zero-order valence-electron chi connectivity index (χ0n) is 22.9. The first-order valence-electron chi connectivity index (χ1n) is 13.4. The minimum absolute atomic E-state index is 0.0357. The molecule has 0 bridgehead atoms. The number of piperidine rings is 1. The van der Waals surface area contributed by atoms with Crippen molar-refractivity contribution in [3.05, 3.63) is 82.6 Å². The zero-order valence-corrected chi connectivity index (χ0v) is 24.4. The first-order chi connectivity index (χ1) is 19.8. The van der Waals surface area contributed by atoms with E-state index in [2.05, 4.69) is 15.2 Å². The number of nitrogens with one attached hydrogen (secondary N) is 2. The van der Waals surface area contributed by atoms with Crippen molar-refractivity contribution in [3.63, 3.8) is 0 Å². The van der Waals surface area contributed by atoms with E-state index in [-0.39, 0.29) is 17.8 Å². The summed E-state index contributed by atoms with van der Waals surface area (Å²) >= 11 is 8.07. The molecule has 0 atom stereocenters. The van der Waals surface area contributed by atoms with E-state index in [1.807, 2.05) is 48.5 Å². The van der Waals surface area contributed by atoms with Gasteiger partial charge < -0.3 is 25.2 Å². The summed E-state index contributed by atoms with van der Waals surface area (Å²) < 4.78 is 0. The van der Waals surface area contributed by atoms with Gasteiger partial charge in [0.15, 0.2) is 5.65 Å². The quantitative estimate of drug-likeness (QED) is 0.102. The molecule has 0 spiro atoms. The zero-order chi connectivity index (χ0) is 28.9. The minimum atomic E-state index is -0.747. The van der Waals surface area contributed by atoms with Crippen LogP contribution in [0.25, 0.3) is 11.2 Å². The lowest BCUT2D eigenvalue weighted by molar-refractivity contribution is -0.127. The van der Waals surface area contributed by atoms with Crippen LogP contribution in [-0.4, -0.2) is 64.0 Å². The highest BCUT2D eigenvalue weighted by molar-refractivity contribution is 7.99. The molecule has 5 rings (SSSR count). The van der Waals surface area contributed by atoms with Crippen LogP contribution in [0.1, 0.15) is 24.8 Å². The third-order valence-electron chi connectivity index (χ3n) is 6.74. The number of likely N-dealkylation sites (N-methyl/N-ethyl adjacent to an activating group) is 1. The summed E-state index contributed by atoms with van der Waals surface area (Å²) in [6.45, 7) is 1.97. The summed E-state index contributed by atoms with van der Waals surface area (Å²) in [5.41, 5.74) is 2.23. The van der Waals surface area contributed by atoms with Gasteiger partial charge in [-0.3, -0.25) is 9.59 Å². The third kappa shape index (κ3) is 6.66. The van der Waals surface area contributed by atoms with Crippen molar-refractivity contribution in [2.75, 3.05) is 37.4 Å². The summed E-state index contributed by atoms with van der Waals surface area (Å²) in [5, 5.41) is 14.6. The third-order valence-corrected chi connectivity index (χ3v) is 8.25. The monoisotopic (exact) mass is 590 g/mol. The number of hydrogen-bond donors (Lipinski definition) is 3. The van der Waals surface area contributed by atoms with E-state index < -0.39 is 11.8 Å². The molecule has 0 aliphatic carbocycles. The van der Waals surface area contributed by atoms with Crippen LogP contribution in [0.5, 0.6) is 0 Å². The van der Waals surface area contributed by atoms with E-state index in [0.717, 1.165) is 43.0 Å². The van der Waals surface area contributed by atoms with Gasteiger partial charge in [0.2, 0.25) is 5.95 Å². The Balaban J connectivity index is 1.36. The predicted molar refractivity (Wildman–Crippen MR) is 163 cm³/mol. The van der Waals surface area contributed by atoms with E-state index in [0.29, 0.717) is 26.3 Å². The highest BCUT2D eigenvalue weighted by Crippen LogP contribution is 2.37. The van der Waals surface area contributed by atoms with Crippen molar-refractivity contribution in [1.29, 1.82) is 0 Å². The van der Waals surface area contributed by atoms with Crippen molar-refractivity contribution in [1.82, 2.24) is 19.9 Å². The van der Waals surface area contributed by atoms with Crippen LogP contribution in [0, 0.1) is 0 Å². The molecule has 1 aliphatic heterocycles.